The van der Waals surface area contributed by atoms with Gasteiger partial charge in [-0.3, -0.25) is 0 Å². The quantitative estimate of drug-likeness (QED) is 0.720. The van der Waals surface area contributed by atoms with E-state index in [1.807, 2.05) is 18.2 Å². The standard InChI is InChI=1S/C15H19BCl2O2/c1-14(2)15(3,4)20-16(19-14)10-8-9(10)13-11(17)6-5-7-12(13)18/h5-7,9-10H,8H2,1-4H3/t9-,10?/m0/s1. The van der Waals surface area contributed by atoms with Crippen LogP contribution in [0.15, 0.2) is 18.2 Å². The van der Waals surface area contributed by atoms with Gasteiger partial charge < -0.3 is 9.31 Å². The Morgan fingerprint density at radius 2 is 1.55 bits per heavy atom. The highest BCUT2D eigenvalue weighted by molar-refractivity contribution is 6.49. The minimum absolute atomic E-state index is 0.169. The Morgan fingerprint density at radius 1 is 1.05 bits per heavy atom. The summed E-state index contributed by atoms with van der Waals surface area (Å²) >= 11 is 12.6. The van der Waals surface area contributed by atoms with Crippen LogP contribution in [0.5, 0.6) is 0 Å². The molecule has 1 heterocycles. The van der Waals surface area contributed by atoms with Crippen LogP contribution in [0.1, 0.15) is 45.6 Å². The van der Waals surface area contributed by atoms with E-state index < -0.39 is 0 Å². The third kappa shape index (κ3) is 2.29. The molecular weight excluding hydrogens is 294 g/mol. The second kappa shape index (κ2) is 4.64. The van der Waals surface area contributed by atoms with Crippen molar-refractivity contribution in [1.29, 1.82) is 0 Å². The Balaban J connectivity index is 1.78. The van der Waals surface area contributed by atoms with Crippen molar-refractivity contribution in [3.8, 4) is 0 Å². The summed E-state index contributed by atoms with van der Waals surface area (Å²) in [4.78, 5) is 0. The molecule has 0 amide bonds. The number of hydrogen-bond acceptors (Lipinski definition) is 2. The molecule has 0 spiro atoms. The summed E-state index contributed by atoms with van der Waals surface area (Å²) in [7, 11) is -0.169. The molecule has 2 aliphatic rings. The first-order valence-corrected chi connectivity index (χ1v) is 7.78. The van der Waals surface area contributed by atoms with Crippen molar-refractivity contribution in [2.75, 3.05) is 0 Å². The largest absolute Gasteiger partial charge is 0.461 e. The lowest BCUT2D eigenvalue weighted by atomic mass is 9.79. The van der Waals surface area contributed by atoms with E-state index in [-0.39, 0.29) is 18.3 Å². The van der Waals surface area contributed by atoms with Gasteiger partial charge in [-0.2, -0.15) is 0 Å². The van der Waals surface area contributed by atoms with E-state index in [1.54, 1.807) is 0 Å². The molecule has 1 aliphatic heterocycles. The molecule has 0 bridgehead atoms. The maximum Gasteiger partial charge on any atom is 0.461 e. The predicted octanol–water partition coefficient (Wildman–Crippen LogP) is 4.94. The van der Waals surface area contributed by atoms with Gasteiger partial charge in [-0.25, -0.2) is 0 Å². The molecule has 1 saturated carbocycles. The molecule has 2 fully saturated rings. The third-order valence-corrected chi connectivity index (χ3v) is 5.49. The summed E-state index contributed by atoms with van der Waals surface area (Å²) in [5.74, 6) is 0.680. The molecule has 2 nitrogen and oxygen atoms in total. The van der Waals surface area contributed by atoms with E-state index in [2.05, 4.69) is 27.7 Å². The van der Waals surface area contributed by atoms with Gasteiger partial charge in [-0.15, -0.1) is 0 Å². The number of benzene rings is 1. The SMILES string of the molecule is CC1(C)OB(C2C[C@@H]2c2c(Cl)cccc2Cl)OC1(C)C. The van der Waals surface area contributed by atoms with Crippen molar-refractivity contribution in [2.24, 2.45) is 0 Å². The van der Waals surface area contributed by atoms with Crippen LogP contribution in [0.3, 0.4) is 0 Å². The third-order valence-electron chi connectivity index (χ3n) is 4.83. The van der Waals surface area contributed by atoms with Crippen LogP contribution in [0.25, 0.3) is 0 Å². The fourth-order valence-corrected chi connectivity index (χ4v) is 3.45. The fraction of sp³-hybridized carbons (Fsp3) is 0.600. The van der Waals surface area contributed by atoms with Crippen molar-refractivity contribution in [3.05, 3.63) is 33.8 Å². The van der Waals surface area contributed by atoms with Crippen LogP contribution in [0.2, 0.25) is 15.9 Å². The zero-order valence-electron chi connectivity index (χ0n) is 12.2. The molecule has 108 valence electrons. The van der Waals surface area contributed by atoms with E-state index >= 15 is 0 Å². The molecule has 1 saturated heterocycles. The summed E-state index contributed by atoms with van der Waals surface area (Å²) in [6.07, 6.45) is 1.01. The fourth-order valence-electron chi connectivity index (χ4n) is 2.78. The molecule has 1 aromatic carbocycles. The Labute approximate surface area is 130 Å². The predicted molar refractivity (Wildman–Crippen MR) is 83.7 cm³/mol. The van der Waals surface area contributed by atoms with E-state index in [4.69, 9.17) is 32.5 Å². The highest BCUT2D eigenvalue weighted by Crippen LogP contribution is 2.60. The van der Waals surface area contributed by atoms with Gasteiger partial charge in [0, 0.05) is 15.9 Å². The van der Waals surface area contributed by atoms with E-state index in [0.717, 1.165) is 22.0 Å². The number of rotatable bonds is 2. The van der Waals surface area contributed by atoms with Crippen molar-refractivity contribution in [3.63, 3.8) is 0 Å². The van der Waals surface area contributed by atoms with Crippen molar-refractivity contribution in [1.82, 2.24) is 0 Å². The normalized spacial score (nSPS) is 30.6. The summed E-state index contributed by atoms with van der Waals surface area (Å²) in [6.45, 7) is 8.31. The van der Waals surface area contributed by atoms with Crippen LogP contribution in [-0.4, -0.2) is 18.3 Å². The second-order valence-electron chi connectivity index (χ2n) is 6.77. The average Bonchev–Trinajstić information content (AvgIpc) is 3.02. The van der Waals surface area contributed by atoms with Gasteiger partial charge in [-0.05, 0) is 57.7 Å². The summed E-state index contributed by atoms with van der Waals surface area (Å²) < 4.78 is 12.2. The van der Waals surface area contributed by atoms with E-state index in [0.29, 0.717) is 11.7 Å². The molecule has 0 N–H and O–H groups in total. The first kappa shape index (κ1) is 14.7. The first-order chi connectivity index (χ1) is 9.23. The van der Waals surface area contributed by atoms with Crippen LogP contribution < -0.4 is 0 Å². The molecule has 5 heteroatoms. The number of hydrogen-bond donors (Lipinski definition) is 0. The van der Waals surface area contributed by atoms with Crippen molar-refractivity contribution >= 4 is 30.3 Å². The van der Waals surface area contributed by atoms with Crippen LogP contribution in [0, 0.1) is 0 Å². The molecule has 1 aromatic rings. The second-order valence-corrected chi connectivity index (χ2v) is 7.58. The minimum atomic E-state index is -0.283. The van der Waals surface area contributed by atoms with Gasteiger partial charge in [-0.1, -0.05) is 29.3 Å². The maximum atomic E-state index is 6.28. The van der Waals surface area contributed by atoms with Gasteiger partial charge in [0.2, 0.25) is 0 Å². The summed E-state index contributed by atoms with van der Waals surface area (Å²) in [6, 6.07) is 5.66. The molecule has 0 aromatic heterocycles. The molecule has 2 atom stereocenters. The Bertz CT molecular complexity index is 508. The van der Waals surface area contributed by atoms with Crippen molar-refractivity contribution < 1.29 is 9.31 Å². The Morgan fingerprint density at radius 3 is 2.05 bits per heavy atom. The monoisotopic (exact) mass is 312 g/mol. The lowest BCUT2D eigenvalue weighted by Crippen LogP contribution is -2.41. The Hall–Kier alpha value is -0.215. The molecular formula is C15H19BCl2O2. The van der Waals surface area contributed by atoms with Gasteiger partial charge in [0.05, 0.1) is 11.2 Å². The smallest absolute Gasteiger partial charge is 0.403 e. The highest BCUT2D eigenvalue weighted by atomic mass is 35.5. The lowest BCUT2D eigenvalue weighted by Gasteiger charge is -2.32. The van der Waals surface area contributed by atoms with Crippen molar-refractivity contribution in [2.45, 2.75) is 57.1 Å². The summed E-state index contributed by atoms with van der Waals surface area (Å²) in [5.41, 5.74) is 0.472. The van der Waals surface area contributed by atoms with Gasteiger partial charge >= 0.3 is 7.12 Å². The van der Waals surface area contributed by atoms with Crippen LogP contribution >= 0.6 is 23.2 Å². The molecule has 1 aliphatic carbocycles. The zero-order chi connectivity index (χ0) is 14.7. The van der Waals surface area contributed by atoms with Gasteiger partial charge in [0.25, 0.3) is 0 Å². The molecule has 0 radical (unpaired) electrons. The lowest BCUT2D eigenvalue weighted by molar-refractivity contribution is 0.00578. The summed E-state index contributed by atoms with van der Waals surface area (Å²) in [5, 5.41) is 1.48. The zero-order valence-corrected chi connectivity index (χ0v) is 13.8. The van der Waals surface area contributed by atoms with Gasteiger partial charge in [0.15, 0.2) is 0 Å². The Kier molecular flexibility index (Phi) is 3.41. The van der Waals surface area contributed by atoms with Crippen LogP contribution in [0.4, 0.5) is 0 Å². The molecule has 1 unspecified atom stereocenters. The maximum absolute atomic E-state index is 6.28. The minimum Gasteiger partial charge on any atom is -0.403 e. The molecule has 20 heavy (non-hydrogen) atoms. The average molecular weight is 313 g/mol. The molecule has 3 rings (SSSR count). The van der Waals surface area contributed by atoms with Gasteiger partial charge in [0.1, 0.15) is 0 Å². The highest BCUT2D eigenvalue weighted by Gasteiger charge is 2.60. The van der Waals surface area contributed by atoms with E-state index in [9.17, 15) is 0 Å². The number of halogens is 2. The topological polar surface area (TPSA) is 18.5 Å². The first-order valence-electron chi connectivity index (χ1n) is 7.02. The van der Waals surface area contributed by atoms with E-state index in [1.165, 1.54) is 0 Å². The van der Waals surface area contributed by atoms with Crippen LogP contribution in [-0.2, 0) is 9.31 Å².